The highest BCUT2D eigenvalue weighted by atomic mass is 16.5. The van der Waals surface area contributed by atoms with E-state index in [4.69, 9.17) is 9.47 Å². The van der Waals surface area contributed by atoms with Crippen molar-refractivity contribution in [1.29, 1.82) is 0 Å². The number of hydrogen-bond acceptors (Lipinski definition) is 3. The molecule has 4 nitrogen and oxygen atoms in total. The highest BCUT2D eigenvalue weighted by Gasteiger charge is 2.17. The molecule has 2 aromatic carbocycles. The Morgan fingerprint density at radius 3 is 2.39 bits per heavy atom. The fourth-order valence-corrected chi connectivity index (χ4v) is 2.61. The number of carbonyl (C=O) groups excluding carboxylic acids is 1. The van der Waals surface area contributed by atoms with Crippen molar-refractivity contribution < 1.29 is 14.3 Å². The van der Waals surface area contributed by atoms with Gasteiger partial charge in [0, 0.05) is 0 Å². The van der Waals surface area contributed by atoms with E-state index >= 15 is 0 Å². The molecule has 1 N–H and O–H groups in total. The Bertz CT molecular complexity index is 682. The lowest BCUT2D eigenvalue weighted by molar-refractivity contribution is 0.0932. The van der Waals surface area contributed by atoms with Gasteiger partial charge in [0.15, 0.2) is 0 Å². The number of aryl methyl sites for hydroxylation is 1. The molecule has 2 rings (SSSR count). The average Bonchev–Trinajstić information content (AvgIpc) is 2.59. The molecule has 0 saturated carbocycles. The molecule has 1 atom stereocenters. The van der Waals surface area contributed by atoms with Crippen LogP contribution in [0.1, 0.15) is 40.9 Å². The van der Waals surface area contributed by atoms with Gasteiger partial charge in [-0.2, -0.15) is 0 Å². The first-order chi connectivity index (χ1) is 11.1. The Hall–Kier alpha value is -2.49. The van der Waals surface area contributed by atoms with Crippen LogP contribution in [0, 0.1) is 6.92 Å². The van der Waals surface area contributed by atoms with E-state index in [9.17, 15) is 4.79 Å². The largest absolute Gasteiger partial charge is 0.496 e. The first-order valence-corrected chi connectivity index (χ1v) is 7.69. The van der Waals surface area contributed by atoms with Gasteiger partial charge in [0.2, 0.25) is 0 Å². The first-order valence-electron chi connectivity index (χ1n) is 7.69. The molecule has 0 aliphatic rings. The lowest BCUT2D eigenvalue weighted by Crippen LogP contribution is -2.28. The molecule has 122 valence electrons. The van der Waals surface area contributed by atoms with Crippen molar-refractivity contribution in [3.8, 4) is 11.5 Å². The highest BCUT2D eigenvalue weighted by molar-refractivity contribution is 5.97. The fourth-order valence-electron chi connectivity index (χ4n) is 2.61. The zero-order valence-electron chi connectivity index (χ0n) is 14.1. The summed E-state index contributed by atoms with van der Waals surface area (Å²) >= 11 is 0. The van der Waals surface area contributed by atoms with Gasteiger partial charge in [-0.3, -0.25) is 4.79 Å². The Morgan fingerprint density at radius 2 is 1.78 bits per heavy atom. The summed E-state index contributed by atoms with van der Waals surface area (Å²) < 4.78 is 10.5. The van der Waals surface area contributed by atoms with Crippen LogP contribution in [0.5, 0.6) is 11.5 Å². The number of amides is 1. The van der Waals surface area contributed by atoms with E-state index in [1.54, 1.807) is 26.4 Å². The second-order valence-electron chi connectivity index (χ2n) is 5.36. The predicted octanol–water partition coefficient (Wildman–Crippen LogP) is 3.89. The van der Waals surface area contributed by atoms with Gasteiger partial charge in [-0.25, -0.2) is 0 Å². The normalized spacial score (nSPS) is 11.7. The van der Waals surface area contributed by atoms with Crippen LogP contribution in [0.3, 0.4) is 0 Å². The number of rotatable bonds is 6. The third kappa shape index (κ3) is 3.83. The number of carbonyl (C=O) groups is 1. The summed E-state index contributed by atoms with van der Waals surface area (Å²) in [5.74, 6) is 1.29. The molecule has 0 spiro atoms. The van der Waals surface area contributed by atoms with Crippen LogP contribution in [0.4, 0.5) is 0 Å². The van der Waals surface area contributed by atoms with Gasteiger partial charge in [0.25, 0.3) is 5.91 Å². The lowest BCUT2D eigenvalue weighted by Gasteiger charge is -2.19. The number of ether oxygens (including phenoxy) is 2. The maximum atomic E-state index is 12.6. The minimum Gasteiger partial charge on any atom is -0.496 e. The summed E-state index contributed by atoms with van der Waals surface area (Å²) in [6.07, 6.45) is 0.798. The smallest absolute Gasteiger partial charge is 0.255 e. The van der Waals surface area contributed by atoms with E-state index in [1.807, 2.05) is 38.1 Å². The Labute approximate surface area is 137 Å². The van der Waals surface area contributed by atoms with Gasteiger partial charge in [-0.05, 0) is 42.7 Å². The van der Waals surface area contributed by atoms with Crippen molar-refractivity contribution in [2.45, 2.75) is 26.3 Å². The molecular formula is C19H23NO3. The van der Waals surface area contributed by atoms with Gasteiger partial charge in [-0.15, -0.1) is 0 Å². The summed E-state index contributed by atoms with van der Waals surface area (Å²) in [6.45, 7) is 4.05. The van der Waals surface area contributed by atoms with Crippen molar-refractivity contribution in [2.75, 3.05) is 14.2 Å². The van der Waals surface area contributed by atoms with E-state index in [-0.39, 0.29) is 11.9 Å². The van der Waals surface area contributed by atoms with E-state index in [0.29, 0.717) is 11.3 Å². The second-order valence-corrected chi connectivity index (χ2v) is 5.36. The maximum Gasteiger partial charge on any atom is 0.255 e. The lowest BCUT2D eigenvalue weighted by atomic mass is 10.0. The molecule has 0 saturated heterocycles. The predicted molar refractivity (Wildman–Crippen MR) is 91.2 cm³/mol. The number of methoxy groups -OCH3 is 2. The Balaban J connectivity index is 2.22. The van der Waals surface area contributed by atoms with E-state index in [0.717, 1.165) is 23.3 Å². The van der Waals surface area contributed by atoms with Crippen LogP contribution in [-0.2, 0) is 0 Å². The van der Waals surface area contributed by atoms with Crippen LogP contribution in [-0.4, -0.2) is 20.1 Å². The third-order valence-electron chi connectivity index (χ3n) is 3.89. The third-order valence-corrected chi connectivity index (χ3v) is 3.89. The standard InChI is InChI=1S/C19H23NO3/c1-5-16(14-10-11-17(22-3)13(2)12-14)20-19(21)15-8-6-7-9-18(15)23-4/h6-12,16H,5H2,1-4H3,(H,20,21)/t16-/m0/s1. The molecule has 0 unspecified atom stereocenters. The summed E-state index contributed by atoms with van der Waals surface area (Å²) in [5.41, 5.74) is 2.66. The SMILES string of the molecule is CC[C@H](NC(=O)c1ccccc1OC)c1ccc(OC)c(C)c1. The van der Waals surface area contributed by atoms with Crippen LogP contribution in [0.15, 0.2) is 42.5 Å². The van der Waals surface area contributed by atoms with E-state index in [1.165, 1.54) is 0 Å². The zero-order chi connectivity index (χ0) is 16.8. The monoisotopic (exact) mass is 313 g/mol. The van der Waals surface area contributed by atoms with E-state index in [2.05, 4.69) is 11.4 Å². The number of nitrogens with one attached hydrogen (secondary N) is 1. The van der Waals surface area contributed by atoms with Crippen LogP contribution in [0.25, 0.3) is 0 Å². The van der Waals surface area contributed by atoms with Crippen molar-refractivity contribution in [2.24, 2.45) is 0 Å². The zero-order valence-corrected chi connectivity index (χ0v) is 14.1. The van der Waals surface area contributed by atoms with E-state index < -0.39 is 0 Å². The number of para-hydroxylation sites is 1. The Kier molecular flexibility index (Phi) is 5.63. The molecule has 0 fully saturated rings. The van der Waals surface area contributed by atoms with Crippen molar-refractivity contribution in [3.63, 3.8) is 0 Å². The quantitative estimate of drug-likeness (QED) is 0.880. The second kappa shape index (κ2) is 7.68. The van der Waals surface area contributed by atoms with Gasteiger partial charge in [0.05, 0.1) is 25.8 Å². The minimum atomic E-state index is -0.136. The van der Waals surface area contributed by atoms with Crippen LogP contribution in [0.2, 0.25) is 0 Å². The Morgan fingerprint density at radius 1 is 1.09 bits per heavy atom. The van der Waals surface area contributed by atoms with Crippen molar-refractivity contribution >= 4 is 5.91 Å². The van der Waals surface area contributed by atoms with Crippen molar-refractivity contribution in [3.05, 3.63) is 59.2 Å². The highest BCUT2D eigenvalue weighted by Crippen LogP contribution is 2.25. The van der Waals surface area contributed by atoms with Crippen LogP contribution < -0.4 is 14.8 Å². The topological polar surface area (TPSA) is 47.6 Å². The molecule has 2 aromatic rings. The first kappa shape index (κ1) is 16.9. The molecular weight excluding hydrogens is 290 g/mol. The number of hydrogen-bond donors (Lipinski definition) is 1. The van der Waals surface area contributed by atoms with Gasteiger partial charge >= 0.3 is 0 Å². The molecule has 0 heterocycles. The fraction of sp³-hybridized carbons (Fsp3) is 0.316. The van der Waals surface area contributed by atoms with Crippen LogP contribution >= 0.6 is 0 Å². The molecule has 0 bridgehead atoms. The maximum absolute atomic E-state index is 12.6. The molecule has 23 heavy (non-hydrogen) atoms. The molecule has 4 heteroatoms. The average molecular weight is 313 g/mol. The summed E-state index contributed by atoms with van der Waals surface area (Å²) in [4.78, 5) is 12.6. The van der Waals surface area contributed by atoms with Gasteiger partial charge < -0.3 is 14.8 Å². The molecule has 0 aliphatic heterocycles. The van der Waals surface area contributed by atoms with Gasteiger partial charge in [0.1, 0.15) is 11.5 Å². The molecule has 0 aliphatic carbocycles. The van der Waals surface area contributed by atoms with Gasteiger partial charge in [-0.1, -0.05) is 31.2 Å². The molecule has 1 amide bonds. The molecule has 0 radical (unpaired) electrons. The summed E-state index contributed by atoms with van der Waals surface area (Å²) in [6, 6.07) is 13.1. The van der Waals surface area contributed by atoms with Crippen molar-refractivity contribution in [1.82, 2.24) is 5.32 Å². The minimum absolute atomic E-state index is 0.0583. The summed E-state index contributed by atoms with van der Waals surface area (Å²) in [7, 11) is 3.22. The molecule has 0 aromatic heterocycles. The number of benzene rings is 2. The summed E-state index contributed by atoms with van der Waals surface area (Å²) in [5, 5.41) is 3.08.